The van der Waals surface area contributed by atoms with Gasteiger partial charge < -0.3 is 0 Å². The first kappa shape index (κ1) is 10.9. The molecule has 0 aliphatic carbocycles. The summed E-state index contributed by atoms with van der Waals surface area (Å²) in [5.74, 6) is -0.259. The molecule has 2 aromatic rings. The van der Waals surface area contributed by atoms with Gasteiger partial charge in [-0.05, 0) is 40.8 Å². The summed E-state index contributed by atoms with van der Waals surface area (Å²) in [7, 11) is 0. The molecule has 1 aromatic heterocycles. The van der Waals surface area contributed by atoms with Crippen molar-refractivity contribution in [3.05, 3.63) is 50.6 Å². The van der Waals surface area contributed by atoms with E-state index >= 15 is 0 Å². The zero-order valence-electron chi connectivity index (χ0n) is 7.62. The molecule has 1 aromatic carbocycles. The summed E-state index contributed by atoms with van der Waals surface area (Å²) >= 11 is 7.95. The molecule has 0 saturated heterocycles. The molecule has 0 spiro atoms. The van der Waals surface area contributed by atoms with Gasteiger partial charge in [-0.1, -0.05) is 11.6 Å². The van der Waals surface area contributed by atoms with E-state index in [4.69, 9.17) is 11.6 Å². The van der Waals surface area contributed by atoms with Gasteiger partial charge in [-0.2, -0.15) is 5.10 Å². The van der Waals surface area contributed by atoms with E-state index in [1.807, 2.05) is 6.20 Å². The van der Waals surface area contributed by atoms with Crippen LogP contribution >= 0.6 is 34.2 Å². The Labute approximate surface area is 105 Å². The summed E-state index contributed by atoms with van der Waals surface area (Å²) in [5, 5.41) is 4.62. The summed E-state index contributed by atoms with van der Waals surface area (Å²) in [6, 6.07) is 4.52. The highest BCUT2D eigenvalue weighted by Gasteiger charge is 2.04. The Morgan fingerprint density at radius 1 is 1.47 bits per heavy atom. The first-order valence-electron chi connectivity index (χ1n) is 4.27. The Hall–Kier alpha value is -0.620. The number of aromatic nitrogens is 2. The minimum absolute atomic E-state index is 0.259. The van der Waals surface area contributed by atoms with Crippen LogP contribution in [0.5, 0.6) is 0 Å². The van der Waals surface area contributed by atoms with Crippen molar-refractivity contribution >= 4 is 34.2 Å². The van der Waals surface area contributed by atoms with E-state index in [-0.39, 0.29) is 5.82 Å². The molecule has 2 nitrogen and oxygen atoms in total. The van der Waals surface area contributed by atoms with Crippen LogP contribution in [0.4, 0.5) is 4.39 Å². The maximum absolute atomic E-state index is 13.4. The molecule has 0 N–H and O–H groups in total. The van der Waals surface area contributed by atoms with E-state index in [9.17, 15) is 4.39 Å². The molecule has 5 heteroatoms. The predicted molar refractivity (Wildman–Crippen MR) is 65.5 cm³/mol. The topological polar surface area (TPSA) is 17.8 Å². The predicted octanol–water partition coefficient (Wildman–Crippen LogP) is 3.33. The molecule has 2 rings (SSSR count). The second-order valence-corrected chi connectivity index (χ2v) is 4.77. The summed E-state index contributed by atoms with van der Waals surface area (Å²) in [6.45, 7) is 0.398. The smallest absolute Gasteiger partial charge is 0.128 e. The molecule has 1 heterocycles. The molecule has 0 atom stereocenters. The van der Waals surface area contributed by atoms with Crippen LogP contribution in [0.1, 0.15) is 5.56 Å². The Morgan fingerprint density at radius 3 is 2.93 bits per heavy atom. The van der Waals surface area contributed by atoms with Crippen molar-refractivity contribution in [3.8, 4) is 0 Å². The van der Waals surface area contributed by atoms with Crippen LogP contribution in [0, 0.1) is 9.39 Å². The van der Waals surface area contributed by atoms with Crippen LogP contribution in [0.15, 0.2) is 30.6 Å². The van der Waals surface area contributed by atoms with Crippen molar-refractivity contribution in [2.75, 3.05) is 0 Å². The van der Waals surface area contributed by atoms with Gasteiger partial charge in [-0.3, -0.25) is 4.68 Å². The van der Waals surface area contributed by atoms with Crippen LogP contribution in [0.2, 0.25) is 5.02 Å². The number of benzene rings is 1. The van der Waals surface area contributed by atoms with Crippen LogP contribution in [0.3, 0.4) is 0 Å². The third kappa shape index (κ3) is 2.69. The van der Waals surface area contributed by atoms with E-state index in [1.165, 1.54) is 12.1 Å². The van der Waals surface area contributed by atoms with Crippen molar-refractivity contribution in [1.82, 2.24) is 9.78 Å². The lowest BCUT2D eigenvalue weighted by Crippen LogP contribution is -2.02. The molecule has 0 fully saturated rings. The van der Waals surface area contributed by atoms with Crippen molar-refractivity contribution in [2.24, 2.45) is 0 Å². The van der Waals surface area contributed by atoms with E-state index in [0.29, 0.717) is 17.1 Å². The number of nitrogens with zero attached hydrogens (tertiary/aromatic N) is 2. The lowest BCUT2D eigenvalue weighted by atomic mass is 10.2. The molecule has 0 aliphatic heterocycles. The molecule has 0 radical (unpaired) electrons. The lowest BCUT2D eigenvalue weighted by Gasteiger charge is -2.03. The Morgan fingerprint density at radius 2 is 2.27 bits per heavy atom. The molecule has 0 unspecified atom stereocenters. The number of hydrogen-bond donors (Lipinski definition) is 0. The second-order valence-electron chi connectivity index (χ2n) is 3.09. The van der Waals surface area contributed by atoms with Crippen molar-refractivity contribution in [1.29, 1.82) is 0 Å². The highest BCUT2D eigenvalue weighted by Crippen LogP contribution is 2.16. The normalized spacial score (nSPS) is 10.6. The van der Waals surface area contributed by atoms with Crippen molar-refractivity contribution < 1.29 is 4.39 Å². The van der Waals surface area contributed by atoms with Gasteiger partial charge in [0.1, 0.15) is 5.82 Å². The van der Waals surface area contributed by atoms with E-state index in [0.717, 1.165) is 3.57 Å². The molecule has 0 saturated carbocycles. The van der Waals surface area contributed by atoms with Crippen LogP contribution < -0.4 is 0 Å². The minimum Gasteiger partial charge on any atom is -0.267 e. The Balaban J connectivity index is 2.27. The lowest BCUT2D eigenvalue weighted by molar-refractivity contribution is 0.585. The van der Waals surface area contributed by atoms with Crippen LogP contribution in [-0.2, 0) is 6.54 Å². The third-order valence-corrected chi connectivity index (χ3v) is 2.73. The quantitative estimate of drug-likeness (QED) is 0.769. The Bertz CT molecular complexity index is 484. The fraction of sp³-hybridized carbons (Fsp3) is 0.100. The summed E-state index contributed by atoms with van der Waals surface area (Å²) in [4.78, 5) is 0. The molecule has 0 aliphatic rings. The molecule has 0 bridgehead atoms. The fourth-order valence-corrected chi connectivity index (χ4v) is 1.90. The first-order valence-corrected chi connectivity index (χ1v) is 5.73. The van der Waals surface area contributed by atoms with E-state index < -0.39 is 0 Å². The van der Waals surface area contributed by atoms with Gasteiger partial charge >= 0.3 is 0 Å². The summed E-state index contributed by atoms with van der Waals surface area (Å²) < 4.78 is 16.1. The van der Waals surface area contributed by atoms with Gasteiger partial charge in [0.25, 0.3) is 0 Å². The molecule has 15 heavy (non-hydrogen) atoms. The maximum atomic E-state index is 13.4. The standard InChI is InChI=1S/C10H7ClFIN2/c11-8-1-2-10(12)7(3-8)5-15-6-9(13)4-14-15/h1-4,6H,5H2. The van der Waals surface area contributed by atoms with Crippen LogP contribution in [-0.4, -0.2) is 9.78 Å². The van der Waals surface area contributed by atoms with Gasteiger partial charge in [0.2, 0.25) is 0 Å². The highest BCUT2D eigenvalue weighted by atomic mass is 127. The molecule has 78 valence electrons. The number of hydrogen-bond acceptors (Lipinski definition) is 1. The van der Waals surface area contributed by atoms with Crippen molar-refractivity contribution in [3.63, 3.8) is 0 Å². The average Bonchev–Trinajstić information content (AvgIpc) is 2.58. The van der Waals surface area contributed by atoms with Crippen LogP contribution in [0.25, 0.3) is 0 Å². The molecular formula is C10H7ClFIN2. The largest absolute Gasteiger partial charge is 0.267 e. The average molecular weight is 337 g/mol. The summed E-state index contributed by atoms with van der Waals surface area (Å²) in [6.07, 6.45) is 3.57. The van der Waals surface area contributed by atoms with Gasteiger partial charge in [-0.15, -0.1) is 0 Å². The molecule has 0 amide bonds. The SMILES string of the molecule is Fc1ccc(Cl)cc1Cn1cc(I)cn1. The van der Waals surface area contributed by atoms with Gasteiger partial charge in [-0.25, -0.2) is 4.39 Å². The van der Waals surface area contributed by atoms with Crippen molar-refractivity contribution in [2.45, 2.75) is 6.54 Å². The fourth-order valence-electron chi connectivity index (χ4n) is 1.26. The number of halogens is 3. The van der Waals surface area contributed by atoms with E-state index in [1.54, 1.807) is 16.9 Å². The third-order valence-electron chi connectivity index (χ3n) is 1.94. The van der Waals surface area contributed by atoms with Gasteiger partial charge in [0.05, 0.1) is 16.3 Å². The van der Waals surface area contributed by atoms with Gasteiger partial charge in [0.15, 0.2) is 0 Å². The Kier molecular flexibility index (Phi) is 3.25. The first-order chi connectivity index (χ1) is 7.15. The summed E-state index contributed by atoms with van der Waals surface area (Å²) in [5.41, 5.74) is 0.544. The monoisotopic (exact) mass is 336 g/mol. The second kappa shape index (κ2) is 4.49. The molecular weight excluding hydrogens is 329 g/mol. The maximum Gasteiger partial charge on any atom is 0.128 e. The minimum atomic E-state index is -0.259. The van der Waals surface area contributed by atoms with E-state index in [2.05, 4.69) is 27.7 Å². The zero-order valence-corrected chi connectivity index (χ0v) is 10.5. The number of rotatable bonds is 2. The van der Waals surface area contributed by atoms with Gasteiger partial charge in [0, 0.05) is 16.8 Å². The zero-order chi connectivity index (χ0) is 10.8. The highest BCUT2D eigenvalue weighted by molar-refractivity contribution is 14.1.